The van der Waals surface area contributed by atoms with Crippen molar-refractivity contribution in [1.29, 1.82) is 0 Å². The molecule has 0 aliphatic heterocycles. The predicted molar refractivity (Wildman–Crippen MR) is 99.8 cm³/mol. The molecule has 0 aliphatic rings. The highest BCUT2D eigenvalue weighted by Gasteiger charge is 2.16. The molecule has 0 radical (unpaired) electrons. The molecule has 0 fully saturated rings. The lowest BCUT2D eigenvalue weighted by Crippen LogP contribution is -2.36. The van der Waals surface area contributed by atoms with E-state index in [4.69, 9.17) is 4.74 Å². The standard InChI is InChI=1S/C21H25NO4/c1-3-17-10-7-11-19(14-17)26-16-20(23)22(13-12-21(24)25-2)15-18-8-5-4-6-9-18/h4-11,14H,3,12-13,15-16H2,1-2H3. The third kappa shape index (κ3) is 6.24. The molecule has 0 aliphatic carbocycles. The highest BCUT2D eigenvalue weighted by Crippen LogP contribution is 2.14. The van der Waals surface area contributed by atoms with Crippen molar-refractivity contribution in [2.45, 2.75) is 26.3 Å². The summed E-state index contributed by atoms with van der Waals surface area (Å²) < 4.78 is 10.3. The molecule has 0 N–H and O–H groups in total. The zero-order valence-electron chi connectivity index (χ0n) is 15.3. The lowest BCUT2D eigenvalue weighted by atomic mass is 10.2. The number of ether oxygens (including phenoxy) is 2. The van der Waals surface area contributed by atoms with Crippen molar-refractivity contribution >= 4 is 11.9 Å². The number of aryl methyl sites for hydroxylation is 1. The SMILES string of the molecule is CCc1cccc(OCC(=O)N(CCC(=O)OC)Cc2ccccc2)c1. The summed E-state index contributed by atoms with van der Waals surface area (Å²) in [4.78, 5) is 25.7. The van der Waals surface area contributed by atoms with Crippen LogP contribution in [0.4, 0.5) is 0 Å². The molecule has 2 aromatic carbocycles. The smallest absolute Gasteiger partial charge is 0.307 e. The maximum Gasteiger partial charge on any atom is 0.307 e. The summed E-state index contributed by atoms with van der Waals surface area (Å²) in [6.07, 6.45) is 1.06. The fourth-order valence-corrected chi connectivity index (χ4v) is 2.52. The largest absolute Gasteiger partial charge is 0.484 e. The van der Waals surface area contributed by atoms with Crippen LogP contribution >= 0.6 is 0 Å². The Labute approximate surface area is 154 Å². The molecular formula is C21H25NO4. The summed E-state index contributed by atoms with van der Waals surface area (Å²) >= 11 is 0. The highest BCUT2D eigenvalue weighted by molar-refractivity contribution is 5.78. The maximum atomic E-state index is 12.6. The van der Waals surface area contributed by atoms with E-state index in [1.807, 2.05) is 54.6 Å². The molecule has 2 rings (SSSR count). The number of benzene rings is 2. The molecule has 0 aromatic heterocycles. The van der Waals surface area contributed by atoms with Gasteiger partial charge in [-0.05, 0) is 29.7 Å². The van der Waals surface area contributed by atoms with E-state index in [9.17, 15) is 9.59 Å². The lowest BCUT2D eigenvalue weighted by Gasteiger charge is -2.22. The van der Waals surface area contributed by atoms with Gasteiger partial charge in [-0.1, -0.05) is 49.4 Å². The number of esters is 1. The number of carbonyl (C=O) groups excluding carboxylic acids is 2. The zero-order valence-corrected chi connectivity index (χ0v) is 15.3. The Morgan fingerprint density at radius 1 is 1.00 bits per heavy atom. The van der Waals surface area contributed by atoms with E-state index >= 15 is 0 Å². The third-order valence-corrected chi connectivity index (χ3v) is 4.05. The number of hydrogen-bond acceptors (Lipinski definition) is 4. The second-order valence-electron chi connectivity index (χ2n) is 5.92. The van der Waals surface area contributed by atoms with Crippen LogP contribution in [-0.2, 0) is 27.3 Å². The molecule has 2 aromatic rings. The number of carbonyl (C=O) groups is 2. The van der Waals surface area contributed by atoms with Crippen molar-refractivity contribution < 1.29 is 19.1 Å². The first-order chi connectivity index (χ1) is 12.6. The summed E-state index contributed by atoms with van der Waals surface area (Å²) in [5.74, 6) is 0.164. The van der Waals surface area contributed by atoms with Crippen LogP contribution in [0.1, 0.15) is 24.5 Å². The molecule has 5 nitrogen and oxygen atoms in total. The minimum Gasteiger partial charge on any atom is -0.484 e. The molecule has 0 saturated heterocycles. The molecule has 26 heavy (non-hydrogen) atoms. The van der Waals surface area contributed by atoms with Gasteiger partial charge in [-0.2, -0.15) is 0 Å². The van der Waals surface area contributed by atoms with Gasteiger partial charge < -0.3 is 14.4 Å². The number of nitrogens with zero attached hydrogens (tertiary/aromatic N) is 1. The number of methoxy groups -OCH3 is 1. The zero-order chi connectivity index (χ0) is 18.8. The van der Waals surface area contributed by atoms with E-state index in [1.165, 1.54) is 7.11 Å². The van der Waals surface area contributed by atoms with Gasteiger partial charge in [0.2, 0.25) is 0 Å². The molecule has 0 heterocycles. The Balaban J connectivity index is 1.99. The van der Waals surface area contributed by atoms with Gasteiger partial charge in [0.05, 0.1) is 13.5 Å². The normalized spacial score (nSPS) is 10.2. The molecule has 0 atom stereocenters. The fraction of sp³-hybridized carbons (Fsp3) is 0.333. The van der Waals surface area contributed by atoms with Crippen LogP contribution in [0.2, 0.25) is 0 Å². The van der Waals surface area contributed by atoms with E-state index < -0.39 is 0 Å². The summed E-state index contributed by atoms with van der Waals surface area (Å²) in [6.45, 7) is 2.72. The van der Waals surface area contributed by atoms with Crippen LogP contribution in [0, 0.1) is 0 Å². The Kier molecular flexibility index (Phi) is 7.68. The maximum absolute atomic E-state index is 12.6. The first-order valence-corrected chi connectivity index (χ1v) is 8.72. The Morgan fingerprint density at radius 2 is 1.73 bits per heavy atom. The Hall–Kier alpha value is -2.82. The monoisotopic (exact) mass is 355 g/mol. The number of amides is 1. The Bertz CT molecular complexity index is 715. The first-order valence-electron chi connectivity index (χ1n) is 8.72. The molecular weight excluding hydrogens is 330 g/mol. The summed E-state index contributed by atoms with van der Waals surface area (Å²) in [5, 5.41) is 0. The first kappa shape index (κ1) is 19.5. The van der Waals surface area contributed by atoms with E-state index in [2.05, 4.69) is 11.7 Å². The van der Waals surface area contributed by atoms with Crippen LogP contribution in [0.3, 0.4) is 0 Å². The van der Waals surface area contributed by atoms with Crippen LogP contribution < -0.4 is 4.74 Å². The van der Waals surface area contributed by atoms with Crippen molar-refractivity contribution in [2.75, 3.05) is 20.3 Å². The van der Waals surface area contributed by atoms with Crippen molar-refractivity contribution in [1.82, 2.24) is 4.90 Å². The minimum absolute atomic E-state index is 0.0683. The van der Waals surface area contributed by atoms with E-state index in [-0.39, 0.29) is 24.9 Å². The summed E-state index contributed by atoms with van der Waals surface area (Å²) in [7, 11) is 1.34. The van der Waals surface area contributed by atoms with Gasteiger partial charge in [0.15, 0.2) is 6.61 Å². The van der Waals surface area contributed by atoms with E-state index in [0.29, 0.717) is 18.8 Å². The molecule has 0 unspecified atom stereocenters. The third-order valence-electron chi connectivity index (χ3n) is 4.05. The second kappa shape index (κ2) is 10.2. The number of rotatable bonds is 9. The molecule has 5 heteroatoms. The molecule has 1 amide bonds. The quantitative estimate of drug-likeness (QED) is 0.648. The minimum atomic E-state index is -0.340. The van der Waals surface area contributed by atoms with Crippen molar-refractivity contribution in [2.24, 2.45) is 0 Å². The van der Waals surface area contributed by atoms with Crippen LogP contribution in [-0.4, -0.2) is 37.0 Å². The second-order valence-corrected chi connectivity index (χ2v) is 5.92. The van der Waals surface area contributed by atoms with Gasteiger partial charge in [-0.15, -0.1) is 0 Å². The topological polar surface area (TPSA) is 55.8 Å². The van der Waals surface area contributed by atoms with Gasteiger partial charge in [-0.3, -0.25) is 9.59 Å². The predicted octanol–water partition coefficient (Wildman–Crippen LogP) is 3.22. The highest BCUT2D eigenvalue weighted by atomic mass is 16.5. The average molecular weight is 355 g/mol. The fourth-order valence-electron chi connectivity index (χ4n) is 2.52. The lowest BCUT2D eigenvalue weighted by molar-refractivity contribution is -0.142. The van der Waals surface area contributed by atoms with Gasteiger partial charge in [0.1, 0.15) is 5.75 Å². The van der Waals surface area contributed by atoms with Crippen LogP contribution in [0.5, 0.6) is 5.75 Å². The summed E-state index contributed by atoms with van der Waals surface area (Å²) in [5.41, 5.74) is 2.15. The molecule has 0 bridgehead atoms. The van der Waals surface area contributed by atoms with Crippen LogP contribution in [0.15, 0.2) is 54.6 Å². The van der Waals surface area contributed by atoms with Crippen LogP contribution in [0.25, 0.3) is 0 Å². The van der Waals surface area contributed by atoms with Gasteiger partial charge >= 0.3 is 5.97 Å². The van der Waals surface area contributed by atoms with E-state index in [1.54, 1.807) is 4.90 Å². The van der Waals surface area contributed by atoms with Gasteiger partial charge in [0, 0.05) is 13.1 Å². The van der Waals surface area contributed by atoms with Gasteiger partial charge in [-0.25, -0.2) is 0 Å². The van der Waals surface area contributed by atoms with Gasteiger partial charge in [0.25, 0.3) is 5.91 Å². The van der Waals surface area contributed by atoms with Crippen molar-refractivity contribution in [3.05, 3.63) is 65.7 Å². The molecule has 0 spiro atoms. The van der Waals surface area contributed by atoms with Crippen molar-refractivity contribution in [3.63, 3.8) is 0 Å². The number of hydrogen-bond donors (Lipinski definition) is 0. The molecule has 138 valence electrons. The molecule has 0 saturated carbocycles. The van der Waals surface area contributed by atoms with Crippen molar-refractivity contribution in [3.8, 4) is 5.75 Å². The summed E-state index contributed by atoms with van der Waals surface area (Å²) in [6, 6.07) is 17.4. The van der Waals surface area contributed by atoms with E-state index in [0.717, 1.165) is 17.5 Å². The average Bonchev–Trinajstić information content (AvgIpc) is 2.69. The Morgan fingerprint density at radius 3 is 2.42 bits per heavy atom.